The van der Waals surface area contributed by atoms with Gasteiger partial charge in [0.25, 0.3) is 11.6 Å². The van der Waals surface area contributed by atoms with E-state index in [0.717, 1.165) is 11.3 Å². The van der Waals surface area contributed by atoms with Gasteiger partial charge in [-0.3, -0.25) is 14.9 Å². The lowest BCUT2D eigenvalue weighted by Crippen LogP contribution is -2.49. The first-order valence-corrected chi connectivity index (χ1v) is 8.45. The summed E-state index contributed by atoms with van der Waals surface area (Å²) in [5.41, 5.74) is 2.42. The number of aryl methyl sites for hydroxylation is 1. The second-order valence-corrected chi connectivity index (χ2v) is 6.30. The maximum absolute atomic E-state index is 12.6. The van der Waals surface area contributed by atoms with E-state index in [2.05, 4.69) is 16.3 Å². The monoisotopic (exact) mass is 366 g/mol. The van der Waals surface area contributed by atoms with E-state index in [0.29, 0.717) is 43.1 Å². The molecule has 0 unspecified atom stereocenters. The second-order valence-electron chi connectivity index (χ2n) is 6.30. The van der Waals surface area contributed by atoms with Gasteiger partial charge in [-0.1, -0.05) is 0 Å². The molecule has 1 aromatic heterocycles. The average Bonchev–Trinajstić information content (AvgIpc) is 2.69. The van der Waals surface area contributed by atoms with E-state index in [9.17, 15) is 20.2 Å². The van der Waals surface area contributed by atoms with Crippen LogP contribution >= 0.6 is 0 Å². The molecule has 0 aliphatic carbocycles. The van der Waals surface area contributed by atoms with Crippen LogP contribution < -0.4 is 4.90 Å². The number of aromatic nitrogens is 2. The third kappa shape index (κ3) is 3.55. The van der Waals surface area contributed by atoms with Gasteiger partial charge in [0.15, 0.2) is 5.82 Å². The zero-order valence-electron chi connectivity index (χ0n) is 15.0. The first-order chi connectivity index (χ1) is 12.9. The molecular formula is C18H18N6O3. The van der Waals surface area contributed by atoms with Crippen molar-refractivity contribution in [2.45, 2.75) is 13.8 Å². The maximum atomic E-state index is 12.6. The molecule has 0 atom stereocenters. The van der Waals surface area contributed by atoms with Crippen LogP contribution in [0.25, 0.3) is 0 Å². The molecule has 2 heterocycles. The van der Waals surface area contributed by atoms with Crippen molar-refractivity contribution >= 4 is 17.4 Å². The molecule has 0 saturated carbocycles. The molecule has 0 radical (unpaired) electrons. The fraction of sp³-hybridized carbons (Fsp3) is 0.333. The number of nitrogens with zero attached hydrogens (tertiary/aromatic N) is 6. The standard InChI is InChI=1S/C18H18N6O3/c1-12-13(2)20-21-17(16(12)11-19)22-7-9-23(10-8-22)18(25)14-3-5-15(6-4-14)24(26)27/h3-6H,7-10H2,1-2H3. The minimum atomic E-state index is -0.496. The number of nitro groups is 1. The molecule has 27 heavy (non-hydrogen) atoms. The number of rotatable bonds is 3. The van der Waals surface area contributed by atoms with Crippen molar-refractivity contribution < 1.29 is 9.72 Å². The van der Waals surface area contributed by atoms with E-state index < -0.39 is 4.92 Å². The molecule has 1 saturated heterocycles. The number of non-ortho nitro benzene ring substituents is 1. The van der Waals surface area contributed by atoms with Gasteiger partial charge in [0.2, 0.25) is 0 Å². The van der Waals surface area contributed by atoms with Crippen LogP contribution in [0.3, 0.4) is 0 Å². The molecule has 2 aromatic rings. The van der Waals surface area contributed by atoms with Crippen molar-refractivity contribution in [3.05, 3.63) is 56.8 Å². The van der Waals surface area contributed by atoms with Gasteiger partial charge in [-0.15, -0.1) is 5.10 Å². The molecule has 138 valence electrons. The van der Waals surface area contributed by atoms with Crippen molar-refractivity contribution in [2.24, 2.45) is 0 Å². The van der Waals surface area contributed by atoms with Crippen LogP contribution in [0.5, 0.6) is 0 Å². The molecule has 1 fully saturated rings. The van der Waals surface area contributed by atoms with Gasteiger partial charge in [0.1, 0.15) is 11.6 Å². The van der Waals surface area contributed by atoms with Crippen LogP contribution in [0, 0.1) is 35.3 Å². The number of benzene rings is 1. The highest BCUT2D eigenvalue weighted by molar-refractivity contribution is 5.94. The fourth-order valence-corrected chi connectivity index (χ4v) is 2.98. The zero-order chi connectivity index (χ0) is 19.6. The summed E-state index contributed by atoms with van der Waals surface area (Å²) in [6, 6.07) is 7.79. The topological polar surface area (TPSA) is 116 Å². The Kier molecular flexibility index (Phi) is 4.98. The third-order valence-corrected chi connectivity index (χ3v) is 4.74. The summed E-state index contributed by atoms with van der Waals surface area (Å²) in [6.45, 7) is 5.66. The molecule has 0 N–H and O–H groups in total. The smallest absolute Gasteiger partial charge is 0.269 e. The quantitative estimate of drug-likeness (QED) is 0.601. The van der Waals surface area contributed by atoms with Gasteiger partial charge < -0.3 is 9.80 Å². The summed E-state index contributed by atoms with van der Waals surface area (Å²) in [4.78, 5) is 26.5. The maximum Gasteiger partial charge on any atom is 0.269 e. The number of hydrogen-bond acceptors (Lipinski definition) is 7. The zero-order valence-corrected chi connectivity index (χ0v) is 15.0. The molecule has 9 nitrogen and oxygen atoms in total. The number of nitro benzene ring substituents is 1. The van der Waals surface area contributed by atoms with E-state index in [-0.39, 0.29) is 11.6 Å². The summed E-state index contributed by atoms with van der Waals surface area (Å²) in [5.74, 6) is 0.374. The highest BCUT2D eigenvalue weighted by atomic mass is 16.6. The van der Waals surface area contributed by atoms with Gasteiger partial charge in [0, 0.05) is 43.9 Å². The molecule has 1 aliphatic heterocycles. The third-order valence-electron chi connectivity index (χ3n) is 4.74. The Labute approximate surface area is 156 Å². The summed E-state index contributed by atoms with van der Waals surface area (Å²) in [6.07, 6.45) is 0. The lowest BCUT2D eigenvalue weighted by atomic mass is 10.1. The van der Waals surface area contributed by atoms with Gasteiger partial charge in [-0.05, 0) is 31.5 Å². The minimum Gasteiger partial charge on any atom is -0.350 e. The highest BCUT2D eigenvalue weighted by Crippen LogP contribution is 2.23. The molecule has 9 heteroatoms. The van der Waals surface area contributed by atoms with Crippen LogP contribution in [-0.4, -0.2) is 52.1 Å². The summed E-state index contributed by atoms with van der Waals surface area (Å²) in [5, 5.41) is 28.5. The van der Waals surface area contributed by atoms with Crippen LogP contribution in [0.1, 0.15) is 27.2 Å². The number of nitriles is 1. The van der Waals surface area contributed by atoms with Crippen molar-refractivity contribution in [2.75, 3.05) is 31.1 Å². The Morgan fingerprint density at radius 3 is 2.33 bits per heavy atom. The Bertz CT molecular complexity index is 927. The van der Waals surface area contributed by atoms with E-state index in [4.69, 9.17) is 0 Å². The van der Waals surface area contributed by atoms with E-state index in [1.54, 1.807) is 4.90 Å². The van der Waals surface area contributed by atoms with Crippen LogP contribution in [0.15, 0.2) is 24.3 Å². The van der Waals surface area contributed by atoms with Crippen molar-refractivity contribution in [3.8, 4) is 6.07 Å². The average molecular weight is 366 g/mol. The van der Waals surface area contributed by atoms with Gasteiger partial charge in [-0.2, -0.15) is 10.4 Å². The molecule has 0 spiro atoms. The molecule has 0 bridgehead atoms. The highest BCUT2D eigenvalue weighted by Gasteiger charge is 2.25. The SMILES string of the molecule is Cc1nnc(N2CCN(C(=O)c3ccc([N+](=O)[O-])cc3)CC2)c(C#N)c1C. The Balaban J connectivity index is 1.70. The predicted molar refractivity (Wildman–Crippen MR) is 97.4 cm³/mol. The molecule has 1 aliphatic rings. The molecular weight excluding hydrogens is 348 g/mol. The van der Waals surface area contributed by atoms with Gasteiger partial charge >= 0.3 is 0 Å². The number of carbonyl (C=O) groups is 1. The fourth-order valence-electron chi connectivity index (χ4n) is 2.98. The summed E-state index contributed by atoms with van der Waals surface area (Å²) < 4.78 is 0. The van der Waals surface area contributed by atoms with E-state index in [1.165, 1.54) is 24.3 Å². The second kappa shape index (κ2) is 7.37. The van der Waals surface area contributed by atoms with Crippen molar-refractivity contribution in [3.63, 3.8) is 0 Å². The van der Waals surface area contributed by atoms with Crippen molar-refractivity contribution in [1.29, 1.82) is 5.26 Å². The number of piperazine rings is 1. The predicted octanol–water partition coefficient (Wildman–Crippen LogP) is 1.84. The number of carbonyl (C=O) groups excluding carboxylic acids is 1. The van der Waals surface area contributed by atoms with Gasteiger partial charge in [0.05, 0.1) is 10.6 Å². The lowest BCUT2D eigenvalue weighted by molar-refractivity contribution is -0.384. The molecule has 3 rings (SSSR count). The Morgan fingerprint density at radius 2 is 1.78 bits per heavy atom. The normalized spacial score (nSPS) is 14.0. The number of amides is 1. The Hall–Kier alpha value is -3.54. The number of hydrogen-bond donors (Lipinski definition) is 0. The summed E-state index contributed by atoms with van der Waals surface area (Å²) >= 11 is 0. The Morgan fingerprint density at radius 1 is 1.15 bits per heavy atom. The first kappa shape index (κ1) is 18.3. The van der Waals surface area contributed by atoms with E-state index >= 15 is 0 Å². The molecule has 1 aromatic carbocycles. The van der Waals surface area contributed by atoms with Crippen LogP contribution in [0.4, 0.5) is 11.5 Å². The van der Waals surface area contributed by atoms with Crippen LogP contribution in [0.2, 0.25) is 0 Å². The largest absolute Gasteiger partial charge is 0.350 e. The van der Waals surface area contributed by atoms with E-state index in [1.807, 2.05) is 18.7 Å². The lowest BCUT2D eigenvalue weighted by Gasteiger charge is -2.35. The first-order valence-electron chi connectivity index (χ1n) is 8.45. The summed E-state index contributed by atoms with van der Waals surface area (Å²) in [7, 11) is 0. The number of anilines is 1. The van der Waals surface area contributed by atoms with Crippen LogP contribution in [-0.2, 0) is 0 Å². The minimum absolute atomic E-state index is 0.0475. The van der Waals surface area contributed by atoms with Gasteiger partial charge in [-0.25, -0.2) is 0 Å². The van der Waals surface area contributed by atoms with Crippen molar-refractivity contribution in [1.82, 2.24) is 15.1 Å². The molecule has 1 amide bonds.